The van der Waals surface area contributed by atoms with Crippen molar-refractivity contribution in [3.63, 3.8) is 0 Å². The fourth-order valence-electron chi connectivity index (χ4n) is 1.37. The van der Waals surface area contributed by atoms with Gasteiger partial charge < -0.3 is 15.0 Å². The summed E-state index contributed by atoms with van der Waals surface area (Å²) in [6, 6.07) is 2.83. The molecule has 0 saturated carbocycles. The Hall–Kier alpha value is -1.76. The van der Waals surface area contributed by atoms with Gasteiger partial charge >= 0.3 is 0 Å². The van der Waals surface area contributed by atoms with Crippen LogP contribution in [0.3, 0.4) is 0 Å². The molecule has 0 fully saturated rings. The number of ether oxygens (including phenoxy) is 1. The Morgan fingerprint density at radius 2 is 2.28 bits per heavy atom. The standard InChI is InChI=1S/C11H13FN4OS/c1-3-17-9-5-10(8(13)4-7(9)12)18-11-15-14-6-16(11)2/h4-6H,3,13H2,1-2H3. The molecule has 2 aromatic rings. The molecule has 1 aromatic heterocycles. The van der Waals surface area contributed by atoms with Crippen molar-refractivity contribution in [3.8, 4) is 5.75 Å². The molecule has 0 aliphatic heterocycles. The molecule has 0 spiro atoms. The summed E-state index contributed by atoms with van der Waals surface area (Å²) in [5.74, 6) is -0.270. The summed E-state index contributed by atoms with van der Waals surface area (Å²) in [6.07, 6.45) is 1.59. The molecule has 5 nitrogen and oxygen atoms in total. The highest BCUT2D eigenvalue weighted by Gasteiger charge is 2.12. The van der Waals surface area contributed by atoms with Crippen LogP contribution in [-0.2, 0) is 7.05 Å². The van der Waals surface area contributed by atoms with Crippen LogP contribution in [0.1, 0.15) is 6.92 Å². The van der Waals surface area contributed by atoms with Crippen molar-refractivity contribution >= 4 is 17.4 Å². The fourth-order valence-corrected chi connectivity index (χ4v) is 2.19. The van der Waals surface area contributed by atoms with Crippen LogP contribution in [0.2, 0.25) is 0 Å². The SMILES string of the molecule is CCOc1cc(Sc2nncn2C)c(N)cc1F. The molecule has 0 aliphatic carbocycles. The molecule has 7 heteroatoms. The summed E-state index contributed by atoms with van der Waals surface area (Å²) in [6.45, 7) is 2.19. The quantitative estimate of drug-likeness (QED) is 0.860. The van der Waals surface area contributed by atoms with E-state index in [0.29, 0.717) is 22.3 Å². The molecule has 0 bridgehead atoms. The number of aromatic nitrogens is 3. The maximum Gasteiger partial charge on any atom is 0.195 e. The Kier molecular flexibility index (Phi) is 3.71. The van der Waals surface area contributed by atoms with Crippen molar-refractivity contribution in [1.29, 1.82) is 0 Å². The number of rotatable bonds is 4. The normalized spacial score (nSPS) is 10.6. The van der Waals surface area contributed by atoms with Gasteiger partial charge in [-0.2, -0.15) is 0 Å². The second kappa shape index (κ2) is 5.26. The Morgan fingerprint density at radius 1 is 1.50 bits per heavy atom. The summed E-state index contributed by atoms with van der Waals surface area (Å²) in [4.78, 5) is 0.691. The summed E-state index contributed by atoms with van der Waals surface area (Å²) in [7, 11) is 1.82. The highest BCUT2D eigenvalue weighted by Crippen LogP contribution is 2.34. The third kappa shape index (κ3) is 2.56. The maximum absolute atomic E-state index is 13.5. The molecule has 0 amide bonds. The van der Waals surface area contributed by atoms with Crippen molar-refractivity contribution in [2.75, 3.05) is 12.3 Å². The van der Waals surface area contributed by atoms with E-state index < -0.39 is 5.82 Å². The van der Waals surface area contributed by atoms with E-state index in [1.165, 1.54) is 17.8 Å². The van der Waals surface area contributed by atoms with E-state index in [0.717, 1.165) is 0 Å². The zero-order valence-electron chi connectivity index (χ0n) is 10.1. The molecule has 1 aromatic carbocycles. The van der Waals surface area contributed by atoms with Gasteiger partial charge in [0.25, 0.3) is 0 Å². The average Bonchev–Trinajstić information content (AvgIpc) is 2.71. The number of benzene rings is 1. The maximum atomic E-state index is 13.5. The van der Waals surface area contributed by atoms with Crippen LogP contribution in [0.25, 0.3) is 0 Å². The lowest BCUT2D eigenvalue weighted by Gasteiger charge is -2.09. The molecule has 2 N–H and O–H groups in total. The molecule has 0 unspecified atom stereocenters. The molecule has 0 radical (unpaired) electrons. The lowest BCUT2D eigenvalue weighted by molar-refractivity contribution is 0.321. The van der Waals surface area contributed by atoms with Crippen molar-refractivity contribution in [3.05, 3.63) is 24.3 Å². The second-order valence-corrected chi connectivity index (χ2v) is 4.59. The first-order valence-electron chi connectivity index (χ1n) is 5.35. The van der Waals surface area contributed by atoms with E-state index >= 15 is 0 Å². The smallest absolute Gasteiger partial charge is 0.195 e. The fraction of sp³-hybridized carbons (Fsp3) is 0.273. The lowest BCUT2D eigenvalue weighted by Crippen LogP contribution is -1.98. The van der Waals surface area contributed by atoms with Gasteiger partial charge in [-0.1, -0.05) is 0 Å². The highest BCUT2D eigenvalue weighted by atomic mass is 32.2. The monoisotopic (exact) mass is 268 g/mol. The summed E-state index contributed by atoms with van der Waals surface area (Å²) in [5.41, 5.74) is 6.13. The van der Waals surface area contributed by atoms with E-state index in [1.807, 2.05) is 7.05 Å². The predicted molar refractivity (Wildman–Crippen MR) is 67.1 cm³/mol. The van der Waals surface area contributed by atoms with Crippen LogP contribution < -0.4 is 10.5 Å². The van der Waals surface area contributed by atoms with Gasteiger partial charge in [0.15, 0.2) is 16.7 Å². The second-order valence-electron chi connectivity index (χ2n) is 3.58. The van der Waals surface area contributed by atoms with Crippen molar-refractivity contribution in [2.24, 2.45) is 7.05 Å². The molecule has 0 atom stereocenters. The lowest BCUT2D eigenvalue weighted by atomic mass is 10.3. The summed E-state index contributed by atoms with van der Waals surface area (Å²) < 4.78 is 20.5. The number of halogens is 1. The van der Waals surface area contributed by atoms with Gasteiger partial charge in [0.05, 0.1) is 6.61 Å². The topological polar surface area (TPSA) is 66.0 Å². The molecular weight excluding hydrogens is 255 g/mol. The van der Waals surface area contributed by atoms with Crippen molar-refractivity contribution < 1.29 is 9.13 Å². The average molecular weight is 268 g/mol. The molecule has 18 heavy (non-hydrogen) atoms. The predicted octanol–water partition coefficient (Wildman–Crippen LogP) is 2.09. The van der Waals surface area contributed by atoms with E-state index in [2.05, 4.69) is 10.2 Å². The highest BCUT2D eigenvalue weighted by molar-refractivity contribution is 7.99. The molecule has 0 aliphatic rings. The van der Waals surface area contributed by atoms with Gasteiger partial charge in [-0.25, -0.2) is 4.39 Å². The van der Waals surface area contributed by atoms with E-state index in [1.54, 1.807) is 23.9 Å². The Labute approximate surface area is 108 Å². The first-order valence-corrected chi connectivity index (χ1v) is 6.17. The van der Waals surface area contributed by atoms with Gasteiger partial charge in [-0.15, -0.1) is 10.2 Å². The van der Waals surface area contributed by atoms with Gasteiger partial charge in [-0.05, 0) is 24.8 Å². The summed E-state index contributed by atoms with van der Waals surface area (Å²) >= 11 is 1.31. The number of anilines is 1. The molecule has 0 saturated heterocycles. The first-order chi connectivity index (χ1) is 8.61. The largest absolute Gasteiger partial charge is 0.491 e. The minimum absolute atomic E-state index is 0.191. The Balaban J connectivity index is 2.32. The minimum atomic E-state index is -0.461. The van der Waals surface area contributed by atoms with Crippen molar-refractivity contribution in [2.45, 2.75) is 17.0 Å². The van der Waals surface area contributed by atoms with Crippen LogP contribution in [-0.4, -0.2) is 21.4 Å². The van der Waals surface area contributed by atoms with Crippen LogP contribution >= 0.6 is 11.8 Å². The molecule has 1 heterocycles. The first kappa shape index (κ1) is 12.7. The van der Waals surface area contributed by atoms with E-state index in [4.69, 9.17) is 10.5 Å². The van der Waals surface area contributed by atoms with Gasteiger partial charge in [0.2, 0.25) is 0 Å². The molecule has 2 rings (SSSR count). The van der Waals surface area contributed by atoms with Gasteiger partial charge in [-0.3, -0.25) is 0 Å². The Morgan fingerprint density at radius 3 is 2.89 bits per heavy atom. The van der Waals surface area contributed by atoms with Gasteiger partial charge in [0.1, 0.15) is 6.33 Å². The molecule has 96 valence electrons. The number of hydrogen-bond acceptors (Lipinski definition) is 5. The van der Waals surface area contributed by atoms with Gasteiger partial charge in [0, 0.05) is 23.7 Å². The van der Waals surface area contributed by atoms with Crippen molar-refractivity contribution in [1.82, 2.24) is 14.8 Å². The number of aryl methyl sites for hydroxylation is 1. The zero-order chi connectivity index (χ0) is 13.1. The molecular formula is C11H13FN4OS. The zero-order valence-corrected chi connectivity index (χ0v) is 10.9. The minimum Gasteiger partial charge on any atom is -0.491 e. The third-order valence-electron chi connectivity index (χ3n) is 2.24. The third-order valence-corrected chi connectivity index (χ3v) is 3.36. The van der Waals surface area contributed by atoms with Crippen LogP contribution in [0.5, 0.6) is 5.75 Å². The number of nitrogens with two attached hydrogens (primary N) is 1. The van der Waals surface area contributed by atoms with E-state index in [-0.39, 0.29) is 5.75 Å². The Bertz CT molecular complexity index is 558. The number of nitrogens with zero attached hydrogens (tertiary/aromatic N) is 3. The number of hydrogen-bond donors (Lipinski definition) is 1. The van der Waals surface area contributed by atoms with Crippen LogP contribution in [0.15, 0.2) is 28.5 Å². The van der Waals surface area contributed by atoms with Crippen LogP contribution in [0, 0.1) is 5.82 Å². The van der Waals surface area contributed by atoms with E-state index in [9.17, 15) is 4.39 Å². The van der Waals surface area contributed by atoms with Crippen LogP contribution in [0.4, 0.5) is 10.1 Å². The number of nitrogen functional groups attached to an aromatic ring is 1. The summed E-state index contributed by atoms with van der Waals surface area (Å²) in [5, 5.41) is 8.38.